The summed E-state index contributed by atoms with van der Waals surface area (Å²) in [6, 6.07) is 8.15. The number of hydrogen-bond acceptors (Lipinski definition) is 4. The second-order valence-corrected chi connectivity index (χ2v) is 6.51. The molecular formula is C13H11BrN2O3S. The zero-order chi connectivity index (χ0) is 14.7. The molecular weight excluding hydrogens is 344 g/mol. The number of para-hydroxylation sites is 1. The maximum Gasteiger partial charge on any atom is 0.274 e. The molecule has 1 heterocycles. The Morgan fingerprint density at radius 2 is 2.15 bits per heavy atom. The lowest BCUT2D eigenvalue weighted by Crippen LogP contribution is -2.22. The van der Waals surface area contributed by atoms with E-state index in [4.69, 9.17) is 0 Å². The molecule has 7 heteroatoms. The van der Waals surface area contributed by atoms with Crippen LogP contribution in [0.5, 0.6) is 0 Å². The number of amides is 1. The Kier molecular flexibility index (Phi) is 4.51. The van der Waals surface area contributed by atoms with Crippen LogP contribution in [0.1, 0.15) is 20.8 Å². The molecule has 1 amide bonds. The van der Waals surface area contributed by atoms with Crippen molar-refractivity contribution in [2.45, 2.75) is 13.5 Å². The number of aryl methyl sites for hydroxylation is 1. The maximum atomic E-state index is 12.0. The second-order valence-electron chi connectivity index (χ2n) is 4.14. The second kappa shape index (κ2) is 6.15. The lowest BCUT2D eigenvalue weighted by atomic mass is 10.2. The third-order valence-electron chi connectivity index (χ3n) is 2.71. The van der Waals surface area contributed by atoms with E-state index in [0.717, 1.165) is 9.35 Å². The lowest BCUT2D eigenvalue weighted by Gasteiger charge is -2.04. The normalized spacial score (nSPS) is 10.3. The fourth-order valence-corrected chi connectivity index (χ4v) is 3.12. The molecule has 0 spiro atoms. The van der Waals surface area contributed by atoms with Gasteiger partial charge < -0.3 is 5.32 Å². The van der Waals surface area contributed by atoms with Crippen molar-refractivity contribution < 1.29 is 9.72 Å². The van der Waals surface area contributed by atoms with Gasteiger partial charge in [0, 0.05) is 18.2 Å². The first-order valence-electron chi connectivity index (χ1n) is 5.75. The predicted octanol–water partition coefficient (Wildman–Crippen LogP) is 3.66. The average Bonchev–Trinajstić information content (AvgIpc) is 2.76. The lowest BCUT2D eigenvalue weighted by molar-refractivity contribution is -0.385. The smallest absolute Gasteiger partial charge is 0.274 e. The molecule has 0 aliphatic rings. The number of thiophene rings is 1. The molecule has 1 aromatic carbocycles. The fourth-order valence-electron chi connectivity index (χ4n) is 1.67. The molecule has 0 saturated heterocycles. The van der Waals surface area contributed by atoms with Gasteiger partial charge in [-0.3, -0.25) is 14.9 Å². The van der Waals surface area contributed by atoms with Crippen LogP contribution >= 0.6 is 27.3 Å². The van der Waals surface area contributed by atoms with Gasteiger partial charge in [0.25, 0.3) is 11.6 Å². The van der Waals surface area contributed by atoms with E-state index in [1.807, 2.05) is 6.92 Å². The standard InChI is InChI=1S/C13H11BrN2O3S/c1-8-6-11(20-12(8)14)13(17)15-7-9-4-2-3-5-10(9)16(18)19/h2-6H,7H2,1H3,(H,15,17). The van der Waals surface area contributed by atoms with Gasteiger partial charge in [-0.05, 0) is 34.5 Å². The molecule has 0 aliphatic heterocycles. The summed E-state index contributed by atoms with van der Waals surface area (Å²) in [5, 5.41) is 13.6. The minimum Gasteiger partial charge on any atom is -0.347 e. The SMILES string of the molecule is Cc1cc(C(=O)NCc2ccccc2[N+](=O)[O-])sc1Br. The van der Waals surface area contributed by atoms with Gasteiger partial charge in [0.05, 0.1) is 13.6 Å². The zero-order valence-corrected chi connectivity index (χ0v) is 13.0. The van der Waals surface area contributed by atoms with Gasteiger partial charge in [0.2, 0.25) is 0 Å². The van der Waals surface area contributed by atoms with Gasteiger partial charge in [-0.2, -0.15) is 0 Å². The molecule has 0 bridgehead atoms. The minimum absolute atomic E-state index is 0.0105. The number of nitrogens with zero attached hydrogens (tertiary/aromatic N) is 1. The summed E-state index contributed by atoms with van der Waals surface area (Å²) in [6.07, 6.45) is 0. The van der Waals surface area contributed by atoms with Crippen LogP contribution in [0.15, 0.2) is 34.1 Å². The fraction of sp³-hybridized carbons (Fsp3) is 0.154. The quantitative estimate of drug-likeness (QED) is 0.672. The van der Waals surface area contributed by atoms with Crippen LogP contribution in [-0.2, 0) is 6.54 Å². The van der Waals surface area contributed by atoms with Crippen LogP contribution in [0, 0.1) is 17.0 Å². The van der Waals surface area contributed by atoms with Crippen molar-refractivity contribution >= 4 is 38.9 Å². The number of benzene rings is 1. The van der Waals surface area contributed by atoms with Crippen LogP contribution in [0.3, 0.4) is 0 Å². The summed E-state index contributed by atoms with van der Waals surface area (Å²) in [5.74, 6) is -0.234. The van der Waals surface area contributed by atoms with E-state index >= 15 is 0 Å². The van der Waals surface area contributed by atoms with Gasteiger partial charge >= 0.3 is 0 Å². The summed E-state index contributed by atoms with van der Waals surface area (Å²) in [4.78, 5) is 23.0. The highest BCUT2D eigenvalue weighted by molar-refractivity contribution is 9.11. The molecule has 0 unspecified atom stereocenters. The Labute approximate surface area is 127 Å². The van der Waals surface area contributed by atoms with Gasteiger partial charge in [0.15, 0.2) is 0 Å². The van der Waals surface area contributed by atoms with Crippen molar-refractivity contribution in [3.8, 4) is 0 Å². The van der Waals surface area contributed by atoms with Gasteiger partial charge in [-0.1, -0.05) is 18.2 Å². The number of carbonyl (C=O) groups excluding carboxylic acids is 1. The third-order valence-corrected chi connectivity index (χ3v) is 4.84. The van der Waals surface area contributed by atoms with Crippen molar-refractivity contribution in [2.24, 2.45) is 0 Å². The van der Waals surface area contributed by atoms with Gasteiger partial charge in [0.1, 0.15) is 0 Å². The van der Waals surface area contributed by atoms with Crippen molar-refractivity contribution in [3.63, 3.8) is 0 Å². The Balaban J connectivity index is 2.09. The molecule has 5 nitrogen and oxygen atoms in total. The third kappa shape index (κ3) is 3.23. The summed E-state index contributed by atoms with van der Waals surface area (Å²) < 4.78 is 0.911. The first kappa shape index (κ1) is 14.7. The monoisotopic (exact) mass is 354 g/mol. The molecule has 0 aliphatic carbocycles. The van der Waals surface area contributed by atoms with E-state index in [9.17, 15) is 14.9 Å². The highest BCUT2D eigenvalue weighted by atomic mass is 79.9. The van der Waals surface area contributed by atoms with Crippen LogP contribution in [0.2, 0.25) is 0 Å². The number of carbonyl (C=O) groups is 1. The van der Waals surface area contributed by atoms with Crippen molar-refractivity contribution in [1.82, 2.24) is 5.32 Å². The Hall–Kier alpha value is -1.73. The highest BCUT2D eigenvalue weighted by Gasteiger charge is 2.15. The van der Waals surface area contributed by atoms with Crippen LogP contribution in [0.4, 0.5) is 5.69 Å². The first-order chi connectivity index (χ1) is 9.49. The molecule has 1 aromatic heterocycles. The molecule has 2 aromatic rings. The molecule has 104 valence electrons. The summed E-state index contributed by atoms with van der Waals surface area (Å²) >= 11 is 4.70. The van der Waals surface area contributed by atoms with E-state index in [0.29, 0.717) is 10.4 Å². The number of nitro benzene ring substituents is 1. The van der Waals surface area contributed by atoms with Crippen molar-refractivity contribution in [2.75, 3.05) is 0 Å². The predicted molar refractivity (Wildman–Crippen MR) is 81.0 cm³/mol. The van der Waals surface area contributed by atoms with E-state index in [1.165, 1.54) is 17.4 Å². The first-order valence-corrected chi connectivity index (χ1v) is 7.36. The molecule has 0 saturated carbocycles. The van der Waals surface area contributed by atoms with E-state index in [1.54, 1.807) is 24.3 Å². The summed E-state index contributed by atoms with van der Waals surface area (Å²) in [6.45, 7) is 2.03. The molecule has 0 atom stereocenters. The number of hydrogen-bond donors (Lipinski definition) is 1. The largest absolute Gasteiger partial charge is 0.347 e. The average molecular weight is 355 g/mol. The van der Waals surface area contributed by atoms with Gasteiger partial charge in [-0.25, -0.2) is 0 Å². The van der Waals surface area contributed by atoms with Crippen molar-refractivity contribution in [1.29, 1.82) is 0 Å². The van der Waals surface area contributed by atoms with E-state index < -0.39 is 4.92 Å². The Morgan fingerprint density at radius 3 is 2.75 bits per heavy atom. The summed E-state index contributed by atoms with van der Waals surface area (Å²) in [7, 11) is 0. The molecule has 2 rings (SSSR count). The van der Waals surface area contributed by atoms with E-state index in [2.05, 4.69) is 21.2 Å². The number of nitrogens with one attached hydrogen (secondary N) is 1. The summed E-state index contributed by atoms with van der Waals surface area (Å²) in [5.41, 5.74) is 1.49. The minimum atomic E-state index is -0.451. The number of nitro groups is 1. The van der Waals surface area contributed by atoms with Crippen LogP contribution < -0.4 is 5.32 Å². The topological polar surface area (TPSA) is 72.2 Å². The highest BCUT2D eigenvalue weighted by Crippen LogP contribution is 2.27. The van der Waals surface area contributed by atoms with Crippen LogP contribution in [0.25, 0.3) is 0 Å². The molecule has 0 radical (unpaired) electrons. The van der Waals surface area contributed by atoms with Crippen LogP contribution in [-0.4, -0.2) is 10.8 Å². The van der Waals surface area contributed by atoms with Gasteiger partial charge in [-0.15, -0.1) is 11.3 Å². The molecule has 20 heavy (non-hydrogen) atoms. The number of halogens is 1. The molecule has 0 fully saturated rings. The number of rotatable bonds is 4. The van der Waals surface area contributed by atoms with E-state index in [-0.39, 0.29) is 18.1 Å². The Bertz CT molecular complexity index is 650. The Morgan fingerprint density at radius 1 is 1.45 bits per heavy atom. The van der Waals surface area contributed by atoms with Crippen molar-refractivity contribution in [3.05, 3.63) is 60.2 Å². The maximum absolute atomic E-state index is 12.0. The zero-order valence-electron chi connectivity index (χ0n) is 10.6. The molecule has 1 N–H and O–H groups in total.